The first-order valence-corrected chi connectivity index (χ1v) is 8.38. The number of nitrogens with one attached hydrogen (secondary N) is 1. The molecule has 0 bridgehead atoms. The lowest BCUT2D eigenvalue weighted by Crippen LogP contribution is -2.39. The molecule has 0 amide bonds. The lowest BCUT2D eigenvalue weighted by Gasteiger charge is -2.25. The molecule has 0 fully saturated rings. The molecule has 0 saturated carbocycles. The molecule has 0 spiro atoms. The van der Waals surface area contributed by atoms with E-state index < -0.39 is 0 Å². The van der Waals surface area contributed by atoms with Gasteiger partial charge in [0.15, 0.2) is 0 Å². The Labute approximate surface area is 132 Å². The molecule has 0 radical (unpaired) electrons. The molecule has 21 heavy (non-hydrogen) atoms. The standard InChI is InChI=1S/C18H26N2S/c1-13-6-8-15(9-7-13)16(11-20-18(3,4)5)10-17-12-19-14(2)21-17/h6-9,12,16,20H,10-11H2,1-5H3. The second-order valence-electron chi connectivity index (χ2n) is 6.79. The van der Waals surface area contributed by atoms with E-state index in [1.54, 1.807) is 0 Å². The van der Waals surface area contributed by atoms with Crippen LogP contribution in [-0.4, -0.2) is 17.1 Å². The van der Waals surface area contributed by atoms with Crippen LogP contribution in [0.3, 0.4) is 0 Å². The predicted molar refractivity (Wildman–Crippen MR) is 92.2 cm³/mol. The van der Waals surface area contributed by atoms with Gasteiger partial charge in [-0.1, -0.05) is 29.8 Å². The van der Waals surface area contributed by atoms with E-state index in [9.17, 15) is 0 Å². The molecule has 0 aliphatic rings. The van der Waals surface area contributed by atoms with Crippen molar-refractivity contribution < 1.29 is 0 Å². The summed E-state index contributed by atoms with van der Waals surface area (Å²) in [6.45, 7) is 11.9. The van der Waals surface area contributed by atoms with Crippen molar-refractivity contribution in [3.8, 4) is 0 Å². The monoisotopic (exact) mass is 302 g/mol. The molecular formula is C18H26N2S. The van der Waals surface area contributed by atoms with Gasteiger partial charge < -0.3 is 5.32 Å². The molecule has 2 aromatic rings. The molecule has 1 heterocycles. The van der Waals surface area contributed by atoms with Gasteiger partial charge in [0.2, 0.25) is 0 Å². The maximum atomic E-state index is 4.38. The Hall–Kier alpha value is -1.19. The quantitative estimate of drug-likeness (QED) is 0.881. The van der Waals surface area contributed by atoms with Gasteiger partial charge >= 0.3 is 0 Å². The van der Waals surface area contributed by atoms with Crippen molar-refractivity contribution in [1.29, 1.82) is 0 Å². The van der Waals surface area contributed by atoms with Gasteiger partial charge in [-0.25, -0.2) is 4.98 Å². The molecule has 3 heteroatoms. The molecule has 114 valence electrons. The average Bonchev–Trinajstić information content (AvgIpc) is 2.80. The van der Waals surface area contributed by atoms with E-state index in [-0.39, 0.29) is 5.54 Å². The molecule has 2 rings (SSSR count). The van der Waals surface area contributed by atoms with Crippen LogP contribution in [0.15, 0.2) is 30.5 Å². The second-order valence-corrected chi connectivity index (χ2v) is 8.11. The third kappa shape index (κ3) is 5.25. The maximum absolute atomic E-state index is 4.38. The summed E-state index contributed by atoms with van der Waals surface area (Å²) < 4.78 is 0. The Morgan fingerprint density at radius 3 is 2.33 bits per heavy atom. The molecule has 1 aromatic carbocycles. The predicted octanol–water partition coefficient (Wildman–Crippen LogP) is 4.47. The molecule has 1 atom stereocenters. The van der Waals surface area contributed by atoms with Gasteiger partial charge in [0.05, 0.1) is 5.01 Å². The minimum absolute atomic E-state index is 0.145. The van der Waals surface area contributed by atoms with Crippen LogP contribution in [0.25, 0.3) is 0 Å². The topological polar surface area (TPSA) is 24.9 Å². The number of nitrogens with zero attached hydrogens (tertiary/aromatic N) is 1. The summed E-state index contributed by atoms with van der Waals surface area (Å²) in [6, 6.07) is 8.94. The molecule has 0 aliphatic heterocycles. The third-order valence-electron chi connectivity index (χ3n) is 3.54. The van der Waals surface area contributed by atoms with Gasteiger partial charge in [-0.15, -0.1) is 11.3 Å². The minimum atomic E-state index is 0.145. The van der Waals surface area contributed by atoms with Crippen LogP contribution in [0.4, 0.5) is 0 Å². The third-order valence-corrected chi connectivity index (χ3v) is 4.48. The fourth-order valence-corrected chi connectivity index (χ4v) is 3.19. The van der Waals surface area contributed by atoms with E-state index in [4.69, 9.17) is 0 Å². The highest BCUT2D eigenvalue weighted by Crippen LogP contribution is 2.24. The SMILES string of the molecule is Cc1ccc(C(CNC(C)(C)C)Cc2cnc(C)s2)cc1. The molecule has 1 unspecified atom stereocenters. The normalized spacial score (nSPS) is 13.4. The van der Waals surface area contributed by atoms with Gasteiger partial charge in [-0.05, 0) is 46.6 Å². The summed E-state index contributed by atoms with van der Waals surface area (Å²) in [5.41, 5.74) is 2.87. The molecule has 2 nitrogen and oxygen atoms in total. The van der Waals surface area contributed by atoms with E-state index in [0.29, 0.717) is 5.92 Å². The molecule has 1 aromatic heterocycles. The van der Waals surface area contributed by atoms with Crippen molar-refractivity contribution in [3.63, 3.8) is 0 Å². The molecule has 0 saturated heterocycles. The highest BCUT2D eigenvalue weighted by molar-refractivity contribution is 7.11. The summed E-state index contributed by atoms with van der Waals surface area (Å²) in [4.78, 5) is 5.75. The van der Waals surface area contributed by atoms with Crippen LogP contribution >= 0.6 is 11.3 Å². The van der Waals surface area contributed by atoms with Gasteiger partial charge in [-0.2, -0.15) is 0 Å². The van der Waals surface area contributed by atoms with Crippen molar-refractivity contribution in [1.82, 2.24) is 10.3 Å². The van der Waals surface area contributed by atoms with Crippen molar-refractivity contribution in [3.05, 3.63) is 51.5 Å². The zero-order chi connectivity index (χ0) is 15.5. The van der Waals surface area contributed by atoms with Crippen LogP contribution in [0.1, 0.15) is 47.7 Å². The van der Waals surface area contributed by atoms with E-state index >= 15 is 0 Å². The number of hydrogen-bond donors (Lipinski definition) is 1. The minimum Gasteiger partial charge on any atom is -0.311 e. The van der Waals surface area contributed by atoms with E-state index in [1.165, 1.54) is 16.0 Å². The summed E-state index contributed by atoms with van der Waals surface area (Å²) >= 11 is 1.81. The van der Waals surface area contributed by atoms with E-state index in [1.807, 2.05) is 17.5 Å². The number of hydrogen-bond acceptors (Lipinski definition) is 3. The fourth-order valence-electron chi connectivity index (χ4n) is 2.32. The summed E-state index contributed by atoms with van der Waals surface area (Å²) in [6.07, 6.45) is 3.08. The fraction of sp³-hybridized carbons (Fsp3) is 0.500. The number of aryl methyl sites for hydroxylation is 2. The van der Waals surface area contributed by atoms with Crippen LogP contribution in [0, 0.1) is 13.8 Å². The number of rotatable bonds is 5. The van der Waals surface area contributed by atoms with Gasteiger partial charge in [0.1, 0.15) is 0 Å². The first kappa shape index (κ1) is 16.2. The first-order valence-electron chi connectivity index (χ1n) is 7.56. The smallest absolute Gasteiger partial charge is 0.0896 e. The lowest BCUT2D eigenvalue weighted by molar-refractivity contribution is 0.405. The Morgan fingerprint density at radius 2 is 1.81 bits per heavy atom. The number of benzene rings is 1. The summed E-state index contributed by atoms with van der Waals surface area (Å²) in [7, 11) is 0. The largest absolute Gasteiger partial charge is 0.311 e. The Morgan fingerprint density at radius 1 is 1.14 bits per heavy atom. The van der Waals surface area contributed by atoms with E-state index in [0.717, 1.165) is 18.0 Å². The second kappa shape index (κ2) is 6.71. The average molecular weight is 302 g/mol. The van der Waals surface area contributed by atoms with Crippen LogP contribution in [0.5, 0.6) is 0 Å². The molecule has 0 aliphatic carbocycles. The van der Waals surface area contributed by atoms with Gasteiger partial charge in [-0.3, -0.25) is 0 Å². The van der Waals surface area contributed by atoms with Gasteiger partial charge in [0, 0.05) is 29.1 Å². The Kier molecular flexibility index (Phi) is 5.17. The first-order chi connectivity index (χ1) is 9.83. The number of aromatic nitrogens is 1. The van der Waals surface area contributed by atoms with Crippen LogP contribution < -0.4 is 5.32 Å². The Balaban J connectivity index is 2.15. The zero-order valence-corrected chi connectivity index (χ0v) is 14.6. The van der Waals surface area contributed by atoms with E-state index in [2.05, 4.69) is 69.2 Å². The summed E-state index contributed by atoms with van der Waals surface area (Å²) in [5.74, 6) is 0.490. The van der Waals surface area contributed by atoms with Crippen molar-refractivity contribution in [2.24, 2.45) is 0 Å². The maximum Gasteiger partial charge on any atom is 0.0896 e. The lowest BCUT2D eigenvalue weighted by atomic mass is 9.93. The molecule has 1 N–H and O–H groups in total. The Bertz CT molecular complexity index is 564. The summed E-state index contributed by atoms with van der Waals surface area (Å²) in [5, 5.41) is 4.80. The van der Waals surface area contributed by atoms with Crippen molar-refractivity contribution in [2.45, 2.75) is 52.5 Å². The highest BCUT2D eigenvalue weighted by atomic mass is 32.1. The van der Waals surface area contributed by atoms with Crippen molar-refractivity contribution in [2.75, 3.05) is 6.54 Å². The van der Waals surface area contributed by atoms with Crippen molar-refractivity contribution >= 4 is 11.3 Å². The zero-order valence-electron chi connectivity index (χ0n) is 13.7. The van der Waals surface area contributed by atoms with Gasteiger partial charge in [0.25, 0.3) is 0 Å². The molecular weight excluding hydrogens is 276 g/mol. The number of thiazole rings is 1. The van der Waals surface area contributed by atoms with Crippen LogP contribution in [-0.2, 0) is 6.42 Å². The highest BCUT2D eigenvalue weighted by Gasteiger charge is 2.17. The van der Waals surface area contributed by atoms with Crippen LogP contribution in [0.2, 0.25) is 0 Å².